The second kappa shape index (κ2) is 8.39. The van der Waals surface area contributed by atoms with Crippen LogP contribution in [0.15, 0.2) is 12.5 Å². The van der Waals surface area contributed by atoms with Gasteiger partial charge in [0.15, 0.2) is 0 Å². The zero-order valence-corrected chi connectivity index (χ0v) is 12.8. The predicted octanol–water partition coefficient (Wildman–Crippen LogP) is 1.49. The van der Waals surface area contributed by atoms with E-state index in [1.807, 2.05) is 12.5 Å². The van der Waals surface area contributed by atoms with Gasteiger partial charge >= 0.3 is 0 Å². The Morgan fingerprint density at radius 3 is 3.00 bits per heavy atom. The zero-order chi connectivity index (χ0) is 14.2. The van der Waals surface area contributed by atoms with Gasteiger partial charge in [0, 0.05) is 45.5 Å². The van der Waals surface area contributed by atoms with E-state index in [-0.39, 0.29) is 0 Å². The molecular weight excluding hydrogens is 252 g/mol. The number of hydrogen-bond acceptors (Lipinski definition) is 4. The van der Waals surface area contributed by atoms with Gasteiger partial charge in [0.2, 0.25) is 0 Å². The molecule has 0 atom stereocenters. The van der Waals surface area contributed by atoms with Gasteiger partial charge in [-0.15, -0.1) is 0 Å². The van der Waals surface area contributed by atoms with Crippen molar-refractivity contribution in [2.24, 2.45) is 0 Å². The third-order valence-corrected chi connectivity index (χ3v) is 4.23. The molecule has 2 rings (SSSR count). The summed E-state index contributed by atoms with van der Waals surface area (Å²) in [5.41, 5.74) is 1.25. The molecule has 0 unspecified atom stereocenters. The fraction of sp³-hybridized carbons (Fsp3) is 0.800. The number of ether oxygens (including phenoxy) is 1. The van der Waals surface area contributed by atoms with Crippen LogP contribution in [0, 0.1) is 0 Å². The molecule has 0 spiro atoms. The molecule has 0 bridgehead atoms. The summed E-state index contributed by atoms with van der Waals surface area (Å²) in [5.74, 6) is 0. The van der Waals surface area contributed by atoms with Crippen LogP contribution in [0.3, 0.4) is 0 Å². The Labute approximate surface area is 122 Å². The van der Waals surface area contributed by atoms with E-state index in [9.17, 15) is 0 Å². The molecule has 5 heteroatoms. The third kappa shape index (κ3) is 4.58. The van der Waals surface area contributed by atoms with Gasteiger partial charge in [-0.1, -0.05) is 12.8 Å². The minimum Gasteiger partial charge on any atom is -0.383 e. The number of methoxy groups -OCH3 is 1. The molecule has 1 aliphatic rings. The Kier molecular flexibility index (Phi) is 6.50. The quantitative estimate of drug-likeness (QED) is 0.696. The molecular formula is C15H28N4O. The molecule has 0 aliphatic heterocycles. The Morgan fingerprint density at radius 1 is 1.45 bits per heavy atom. The number of rotatable bonds is 9. The topological polar surface area (TPSA) is 42.3 Å². The van der Waals surface area contributed by atoms with Gasteiger partial charge in [0.05, 0.1) is 18.6 Å². The second-order valence-electron chi connectivity index (χ2n) is 5.67. The summed E-state index contributed by atoms with van der Waals surface area (Å²) in [6, 6.07) is 0.793. The summed E-state index contributed by atoms with van der Waals surface area (Å²) in [7, 11) is 3.98. The first-order valence-corrected chi connectivity index (χ1v) is 7.70. The molecule has 1 aromatic rings. The van der Waals surface area contributed by atoms with E-state index >= 15 is 0 Å². The maximum atomic E-state index is 5.04. The molecule has 20 heavy (non-hydrogen) atoms. The van der Waals surface area contributed by atoms with E-state index < -0.39 is 0 Å². The molecule has 5 nitrogen and oxygen atoms in total. The smallest absolute Gasteiger partial charge is 0.0949 e. The van der Waals surface area contributed by atoms with Crippen LogP contribution >= 0.6 is 0 Å². The van der Waals surface area contributed by atoms with Gasteiger partial charge in [-0.05, 0) is 19.9 Å². The number of likely N-dealkylation sites (N-methyl/N-ethyl adjacent to an activating group) is 1. The van der Waals surface area contributed by atoms with Crippen molar-refractivity contribution in [1.82, 2.24) is 19.8 Å². The van der Waals surface area contributed by atoms with Gasteiger partial charge in [-0.3, -0.25) is 0 Å². The summed E-state index contributed by atoms with van der Waals surface area (Å²) in [6.45, 7) is 4.61. The van der Waals surface area contributed by atoms with Crippen molar-refractivity contribution in [1.29, 1.82) is 0 Å². The van der Waals surface area contributed by atoms with E-state index in [1.54, 1.807) is 7.11 Å². The predicted molar refractivity (Wildman–Crippen MR) is 80.7 cm³/mol. The number of hydrogen-bond donors (Lipinski definition) is 1. The molecule has 0 aromatic carbocycles. The van der Waals surface area contributed by atoms with Crippen molar-refractivity contribution in [2.45, 2.75) is 44.8 Å². The van der Waals surface area contributed by atoms with E-state index in [2.05, 4.69) is 26.8 Å². The van der Waals surface area contributed by atoms with Crippen LogP contribution in [-0.4, -0.2) is 54.3 Å². The van der Waals surface area contributed by atoms with Crippen molar-refractivity contribution in [3.05, 3.63) is 18.2 Å². The highest BCUT2D eigenvalue weighted by molar-refractivity contribution is 4.98. The molecule has 1 heterocycles. The number of nitrogens with one attached hydrogen (secondary N) is 1. The third-order valence-electron chi connectivity index (χ3n) is 4.23. The lowest BCUT2D eigenvalue weighted by molar-refractivity contribution is 0.198. The lowest BCUT2D eigenvalue weighted by atomic mass is 10.2. The molecule has 1 aliphatic carbocycles. The molecule has 0 amide bonds. The van der Waals surface area contributed by atoms with Crippen LogP contribution in [0.25, 0.3) is 0 Å². The molecule has 1 N–H and O–H groups in total. The van der Waals surface area contributed by atoms with Crippen molar-refractivity contribution in [3.8, 4) is 0 Å². The van der Waals surface area contributed by atoms with Crippen molar-refractivity contribution < 1.29 is 4.74 Å². The lowest BCUT2D eigenvalue weighted by Gasteiger charge is -2.24. The average molecular weight is 280 g/mol. The summed E-state index contributed by atoms with van der Waals surface area (Å²) in [4.78, 5) is 6.78. The first-order chi connectivity index (χ1) is 9.81. The molecule has 1 aromatic heterocycles. The Morgan fingerprint density at radius 2 is 2.25 bits per heavy atom. The van der Waals surface area contributed by atoms with Gasteiger partial charge in [0.25, 0.3) is 0 Å². The number of nitrogens with zero attached hydrogens (tertiary/aromatic N) is 3. The number of imidazole rings is 1. The van der Waals surface area contributed by atoms with Gasteiger partial charge in [-0.25, -0.2) is 4.98 Å². The molecule has 0 radical (unpaired) electrons. The average Bonchev–Trinajstić information content (AvgIpc) is 3.12. The molecule has 0 saturated heterocycles. The summed E-state index contributed by atoms with van der Waals surface area (Å²) >= 11 is 0. The highest BCUT2D eigenvalue weighted by atomic mass is 16.5. The largest absolute Gasteiger partial charge is 0.383 e. The Hall–Kier alpha value is -0.910. The van der Waals surface area contributed by atoms with Gasteiger partial charge in [0.1, 0.15) is 0 Å². The lowest BCUT2D eigenvalue weighted by Crippen LogP contribution is -2.32. The fourth-order valence-electron chi connectivity index (χ4n) is 2.88. The summed E-state index contributed by atoms with van der Waals surface area (Å²) in [6.07, 6.45) is 9.42. The fourth-order valence-corrected chi connectivity index (χ4v) is 2.88. The first kappa shape index (κ1) is 15.5. The highest BCUT2D eigenvalue weighted by Crippen LogP contribution is 2.22. The van der Waals surface area contributed by atoms with E-state index in [4.69, 9.17) is 4.74 Å². The van der Waals surface area contributed by atoms with Gasteiger partial charge < -0.3 is 19.5 Å². The van der Waals surface area contributed by atoms with Crippen LogP contribution in [0.5, 0.6) is 0 Å². The maximum absolute atomic E-state index is 5.04. The first-order valence-electron chi connectivity index (χ1n) is 7.70. The standard InChI is InChI=1S/C15H28N4O/c1-18(14-5-3-4-6-14)8-9-19-13-17-12-15(19)11-16-7-10-20-2/h12-14,16H,3-11H2,1-2H3. The van der Waals surface area contributed by atoms with Crippen LogP contribution in [0.1, 0.15) is 31.4 Å². The Bertz CT molecular complexity index is 374. The van der Waals surface area contributed by atoms with Crippen molar-refractivity contribution in [2.75, 3.05) is 33.9 Å². The second-order valence-corrected chi connectivity index (χ2v) is 5.67. The summed E-state index contributed by atoms with van der Waals surface area (Å²) < 4.78 is 7.29. The summed E-state index contributed by atoms with van der Waals surface area (Å²) in [5, 5.41) is 3.37. The van der Waals surface area contributed by atoms with E-state index in [0.717, 1.165) is 38.8 Å². The van der Waals surface area contributed by atoms with Crippen LogP contribution in [-0.2, 0) is 17.8 Å². The Balaban J connectivity index is 1.73. The van der Waals surface area contributed by atoms with Crippen LogP contribution in [0.2, 0.25) is 0 Å². The minimum atomic E-state index is 0.749. The van der Waals surface area contributed by atoms with Crippen molar-refractivity contribution >= 4 is 0 Å². The molecule has 114 valence electrons. The monoisotopic (exact) mass is 280 g/mol. The van der Waals surface area contributed by atoms with Crippen molar-refractivity contribution in [3.63, 3.8) is 0 Å². The van der Waals surface area contributed by atoms with Gasteiger partial charge in [-0.2, -0.15) is 0 Å². The molecule has 1 fully saturated rings. The SMILES string of the molecule is COCCNCc1cncn1CCN(C)C1CCCC1. The van der Waals surface area contributed by atoms with E-state index in [0.29, 0.717) is 0 Å². The van der Waals surface area contributed by atoms with Crippen LogP contribution < -0.4 is 5.32 Å². The highest BCUT2D eigenvalue weighted by Gasteiger charge is 2.19. The minimum absolute atomic E-state index is 0.749. The maximum Gasteiger partial charge on any atom is 0.0949 e. The van der Waals surface area contributed by atoms with E-state index in [1.165, 1.54) is 31.4 Å². The molecule has 1 saturated carbocycles. The van der Waals surface area contributed by atoms with Crippen LogP contribution in [0.4, 0.5) is 0 Å². The number of aromatic nitrogens is 2. The normalized spacial score (nSPS) is 16.4. The zero-order valence-electron chi connectivity index (χ0n) is 12.8.